The van der Waals surface area contributed by atoms with Gasteiger partial charge in [-0.25, -0.2) is 0 Å². The first-order valence-corrected chi connectivity index (χ1v) is 10.4. The summed E-state index contributed by atoms with van der Waals surface area (Å²) < 4.78 is 12.8. The summed E-state index contributed by atoms with van der Waals surface area (Å²) in [7, 11) is 3.29. The van der Waals surface area contributed by atoms with Crippen LogP contribution < -0.4 is 9.47 Å². The summed E-state index contributed by atoms with van der Waals surface area (Å²) in [5, 5.41) is 4.40. The number of methoxy groups -OCH3 is 2. The molecule has 0 N–H and O–H groups in total. The third kappa shape index (κ3) is 4.79. The maximum Gasteiger partial charge on any atom is 0.247 e. The fraction of sp³-hybridized carbons (Fsp3) is 0.280. The van der Waals surface area contributed by atoms with Gasteiger partial charge in [-0.05, 0) is 42.7 Å². The summed E-state index contributed by atoms with van der Waals surface area (Å²) in [6, 6.07) is 15.9. The van der Waals surface area contributed by atoms with Crippen LogP contribution in [0.25, 0.3) is 6.08 Å². The Kier molecular flexibility index (Phi) is 6.36. The normalized spacial score (nSPS) is 16.1. The number of ether oxygens (including phenoxy) is 2. The minimum absolute atomic E-state index is 0.0109. The van der Waals surface area contributed by atoms with Crippen molar-refractivity contribution in [1.82, 2.24) is 14.7 Å². The smallest absolute Gasteiger partial charge is 0.247 e. The largest absolute Gasteiger partial charge is 0.497 e. The van der Waals surface area contributed by atoms with E-state index in [9.17, 15) is 4.79 Å². The lowest BCUT2D eigenvalue weighted by Crippen LogP contribution is -2.29. The van der Waals surface area contributed by atoms with Crippen molar-refractivity contribution in [2.24, 2.45) is 0 Å². The molecule has 0 spiro atoms. The molecule has 1 amide bonds. The molecule has 1 aliphatic rings. The second-order valence-electron chi connectivity index (χ2n) is 7.59. The first-order chi connectivity index (χ1) is 15.2. The van der Waals surface area contributed by atoms with E-state index in [1.165, 1.54) is 5.56 Å². The average molecular weight is 418 g/mol. The Morgan fingerprint density at radius 3 is 2.77 bits per heavy atom. The van der Waals surface area contributed by atoms with Crippen LogP contribution in [-0.4, -0.2) is 41.4 Å². The van der Waals surface area contributed by atoms with Gasteiger partial charge in [-0.3, -0.25) is 9.48 Å². The SMILES string of the molecule is COc1ccc(OC)c(C2CCCN2C(=O)C=Cc2cnn(Cc3ccccc3)c2)c1. The van der Waals surface area contributed by atoms with Crippen LogP contribution in [-0.2, 0) is 11.3 Å². The van der Waals surface area contributed by atoms with E-state index in [4.69, 9.17) is 9.47 Å². The second-order valence-corrected chi connectivity index (χ2v) is 7.59. The van der Waals surface area contributed by atoms with Gasteiger partial charge < -0.3 is 14.4 Å². The highest BCUT2D eigenvalue weighted by Crippen LogP contribution is 2.39. The van der Waals surface area contributed by atoms with Crippen LogP contribution in [0.15, 0.2) is 67.0 Å². The maximum atomic E-state index is 13.0. The van der Waals surface area contributed by atoms with Gasteiger partial charge >= 0.3 is 0 Å². The molecule has 1 aromatic heterocycles. The molecule has 0 bridgehead atoms. The summed E-state index contributed by atoms with van der Waals surface area (Å²) in [5.41, 5.74) is 3.07. The molecular formula is C25H27N3O3. The first-order valence-electron chi connectivity index (χ1n) is 10.4. The van der Waals surface area contributed by atoms with Crippen LogP contribution in [0.1, 0.15) is 35.6 Å². The monoisotopic (exact) mass is 417 g/mol. The molecule has 31 heavy (non-hydrogen) atoms. The zero-order chi connectivity index (χ0) is 21.6. The Morgan fingerprint density at radius 1 is 1.16 bits per heavy atom. The number of likely N-dealkylation sites (tertiary alicyclic amines) is 1. The highest BCUT2D eigenvalue weighted by atomic mass is 16.5. The van der Waals surface area contributed by atoms with Crippen molar-refractivity contribution in [1.29, 1.82) is 0 Å². The number of rotatable bonds is 7. The summed E-state index contributed by atoms with van der Waals surface area (Å²) >= 11 is 0. The van der Waals surface area contributed by atoms with Crippen LogP contribution in [0.4, 0.5) is 0 Å². The summed E-state index contributed by atoms with van der Waals surface area (Å²) in [6.07, 6.45) is 9.05. The van der Waals surface area contributed by atoms with Crippen molar-refractivity contribution in [3.8, 4) is 11.5 Å². The van der Waals surface area contributed by atoms with E-state index >= 15 is 0 Å². The molecule has 6 heteroatoms. The van der Waals surface area contributed by atoms with Crippen LogP contribution in [0.5, 0.6) is 11.5 Å². The quantitative estimate of drug-likeness (QED) is 0.537. The molecule has 1 aliphatic heterocycles. The predicted octanol–water partition coefficient (Wildman–Crippen LogP) is 4.33. The molecule has 160 valence electrons. The highest BCUT2D eigenvalue weighted by Gasteiger charge is 2.31. The molecule has 6 nitrogen and oxygen atoms in total. The number of benzene rings is 2. The Morgan fingerprint density at radius 2 is 2.00 bits per heavy atom. The molecule has 1 unspecified atom stereocenters. The lowest BCUT2D eigenvalue weighted by molar-refractivity contribution is -0.126. The number of carbonyl (C=O) groups excluding carboxylic acids is 1. The van der Waals surface area contributed by atoms with Crippen molar-refractivity contribution >= 4 is 12.0 Å². The third-order valence-corrected chi connectivity index (χ3v) is 5.59. The van der Waals surface area contributed by atoms with Gasteiger partial charge in [-0.1, -0.05) is 30.3 Å². The number of carbonyl (C=O) groups is 1. The fourth-order valence-corrected chi connectivity index (χ4v) is 4.04. The topological polar surface area (TPSA) is 56.6 Å². The van der Waals surface area contributed by atoms with Gasteiger partial charge in [0.05, 0.1) is 33.0 Å². The second kappa shape index (κ2) is 9.51. The molecule has 1 fully saturated rings. The molecule has 1 saturated heterocycles. The molecule has 4 rings (SSSR count). The molecule has 1 atom stereocenters. The van der Waals surface area contributed by atoms with Crippen molar-refractivity contribution in [2.75, 3.05) is 20.8 Å². The van der Waals surface area contributed by atoms with Gasteiger partial charge in [0.1, 0.15) is 11.5 Å². The van der Waals surface area contributed by atoms with Crippen molar-refractivity contribution in [3.05, 3.63) is 83.7 Å². The Bertz CT molecular complexity index is 1060. The van der Waals surface area contributed by atoms with Crippen molar-refractivity contribution < 1.29 is 14.3 Å². The van der Waals surface area contributed by atoms with E-state index in [1.54, 1.807) is 26.5 Å². The van der Waals surface area contributed by atoms with Gasteiger partial charge in [0.15, 0.2) is 0 Å². The zero-order valence-corrected chi connectivity index (χ0v) is 17.9. The average Bonchev–Trinajstić information content (AvgIpc) is 3.47. The molecule has 3 aromatic rings. The van der Waals surface area contributed by atoms with E-state index in [-0.39, 0.29) is 11.9 Å². The summed E-state index contributed by atoms with van der Waals surface area (Å²) in [4.78, 5) is 14.9. The number of hydrogen-bond acceptors (Lipinski definition) is 4. The highest BCUT2D eigenvalue weighted by molar-refractivity contribution is 5.92. The fourth-order valence-electron chi connectivity index (χ4n) is 4.04. The Hall–Kier alpha value is -3.54. The number of aromatic nitrogens is 2. The minimum Gasteiger partial charge on any atom is -0.497 e. The first kappa shape index (κ1) is 20.7. The van der Waals surface area contributed by atoms with Crippen molar-refractivity contribution in [2.45, 2.75) is 25.4 Å². The van der Waals surface area contributed by atoms with Gasteiger partial charge in [0, 0.05) is 29.9 Å². The van der Waals surface area contributed by atoms with Crippen LogP contribution in [0.2, 0.25) is 0 Å². The van der Waals surface area contributed by atoms with Crippen LogP contribution in [0, 0.1) is 0 Å². The van der Waals surface area contributed by atoms with Gasteiger partial charge in [0.25, 0.3) is 0 Å². The van der Waals surface area contributed by atoms with Gasteiger partial charge in [0.2, 0.25) is 5.91 Å². The van der Waals surface area contributed by atoms with Gasteiger partial charge in [-0.2, -0.15) is 5.10 Å². The maximum absolute atomic E-state index is 13.0. The van der Waals surface area contributed by atoms with E-state index < -0.39 is 0 Å². The number of hydrogen-bond donors (Lipinski definition) is 0. The third-order valence-electron chi connectivity index (χ3n) is 5.59. The lowest BCUT2D eigenvalue weighted by Gasteiger charge is -2.25. The molecule has 0 radical (unpaired) electrons. The lowest BCUT2D eigenvalue weighted by atomic mass is 10.0. The van der Waals surface area contributed by atoms with Crippen LogP contribution >= 0.6 is 0 Å². The minimum atomic E-state index is -0.0250. The number of amides is 1. The molecular weight excluding hydrogens is 390 g/mol. The summed E-state index contributed by atoms with van der Waals surface area (Å²) in [6.45, 7) is 1.42. The molecule has 2 heterocycles. The van der Waals surface area contributed by atoms with E-state index in [0.29, 0.717) is 6.54 Å². The van der Waals surface area contributed by atoms with E-state index in [2.05, 4.69) is 17.2 Å². The standard InChI is InChI=1S/C25H27N3O3/c1-30-21-11-12-24(31-2)22(15-21)23-9-6-14-28(23)25(29)13-10-20-16-26-27(18-20)17-19-7-4-3-5-8-19/h3-5,7-8,10-13,15-16,18,23H,6,9,14,17H2,1-2H3. The predicted molar refractivity (Wildman–Crippen MR) is 120 cm³/mol. The zero-order valence-electron chi connectivity index (χ0n) is 17.9. The van der Waals surface area contributed by atoms with E-state index in [1.807, 2.05) is 58.3 Å². The van der Waals surface area contributed by atoms with Crippen molar-refractivity contribution in [3.63, 3.8) is 0 Å². The number of nitrogens with zero attached hydrogens (tertiary/aromatic N) is 3. The Labute approximate surface area is 182 Å². The molecule has 0 saturated carbocycles. The van der Waals surface area contributed by atoms with Crippen LogP contribution in [0.3, 0.4) is 0 Å². The molecule has 0 aliphatic carbocycles. The van der Waals surface area contributed by atoms with Gasteiger partial charge in [-0.15, -0.1) is 0 Å². The van der Waals surface area contributed by atoms with E-state index in [0.717, 1.165) is 42.0 Å². The Balaban J connectivity index is 1.46. The molecule has 2 aromatic carbocycles. The summed E-state index contributed by atoms with van der Waals surface area (Å²) in [5.74, 6) is 1.52.